The van der Waals surface area contributed by atoms with E-state index >= 15 is 0 Å². The molecule has 1 atom stereocenters. The monoisotopic (exact) mass is 352 g/mol. The van der Waals surface area contributed by atoms with Crippen molar-refractivity contribution in [3.05, 3.63) is 66.4 Å². The van der Waals surface area contributed by atoms with Gasteiger partial charge in [-0.3, -0.25) is 4.79 Å². The Morgan fingerprint density at radius 3 is 2.56 bits per heavy atom. The van der Waals surface area contributed by atoms with Crippen molar-refractivity contribution in [3.8, 4) is 0 Å². The molecule has 5 nitrogen and oxygen atoms in total. The summed E-state index contributed by atoms with van der Waals surface area (Å²) >= 11 is 5.32. The number of rotatable bonds is 6. The zero-order valence-electron chi connectivity index (χ0n) is 13.7. The normalized spacial score (nSPS) is 14.7. The number of amides is 1. The third-order valence-electron chi connectivity index (χ3n) is 3.81. The number of carbonyl (C=O) groups excluding carboxylic acids is 1. The minimum Gasteiger partial charge on any atom is -0.342 e. The molecule has 0 radical (unpaired) electrons. The van der Waals surface area contributed by atoms with Crippen LogP contribution in [-0.4, -0.2) is 22.2 Å². The van der Waals surface area contributed by atoms with Crippen LogP contribution >= 0.6 is 12.2 Å². The van der Waals surface area contributed by atoms with Crippen LogP contribution in [0.3, 0.4) is 0 Å². The van der Waals surface area contributed by atoms with E-state index in [0.29, 0.717) is 16.8 Å². The van der Waals surface area contributed by atoms with Gasteiger partial charge >= 0.3 is 0 Å². The Kier molecular flexibility index (Phi) is 5.74. The van der Waals surface area contributed by atoms with Crippen molar-refractivity contribution in [2.24, 2.45) is 5.92 Å². The highest BCUT2D eigenvalue weighted by molar-refractivity contribution is 7.80. The second kappa shape index (κ2) is 8.39. The van der Waals surface area contributed by atoms with Gasteiger partial charge in [0.05, 0.1) is 0 Å². The van der Waals surface area contributed by atoms with Gasteiger partial charge in [-0.15, -0.1) is 0 Å². The Labute approximate surface area is 152 Å². The number of nitrogens with one attached hydrogen (secondary N) is 3. The van der Waals surface area contributed by atoms with Crippen LogP contribution in [0.5, 0.6) is 0 Å². The molecule has 0 aliphatic heterocycles. The number of pyridine rings is 1. The van der Waals surface area contributed by atoms with E-state index in [1.54, 1.807) is 18.3 Å². The average Bonchev–Trinajstić information content (AvgIpc) is 3.46. The van der Waals surface area contributed by atoms with E-state index < -0.39 is 0 Å². The molecule has 3 N–H and O–H groups in total. The first kappa shape index (κ1) is 17.1. The van der Waals surface area contributed by atoms with Gasteiger partial charge in [0.2, 0.25) is 5.91 Å². The number of nitrogens with zero attached hydrogens (tertiary/aromatic N) is 1. The van der Waals surface area contributed by atoms with Crippen LogP contribution in [0.15, 0.2) is 60.8 Å². The van der Waals surface area contributed by atoms with Crippen molar-refractivity contribution in [1.82, 2.24) is 15.6 Å². The van der Waals surface area contributed by atoms with Gasteiger partial charge in [0, 0.05) is 12.3 Å². The molecule has 128 valence electrons. The van der Waals surface area contributed by atoms with Gasteiger partial charge in [-0.25, -0.2) is 4.98 Å². The molecule has 2 aromatic rings. The Morgan fingerprint density at radius 2 is 1.88 bits per heavy atom. The fraction of sp³-hybridized carbons (Fsp3) is 0.211. The quantitative estimate of drug-likeness (QED) is 0.424. The van der Waals surface area contributed by atoms with Crippen molar-refractivity contribution in [2.75, 3.05) is 5.32 Å². The molecule has 1 heterocycles. The third-order valence-corrected chi connectivity index (χ3v) is 4.03. The van der Waals surface area contributed by atoms with Crippen LogP contribution in [0.25, 0.3) is 6.08 Å². The lowest BCUT2D eigenvalue weighted by Crippen LogP contribution is -2.50. The summed E-state index contributed by atoms with van der Waals surface area (Å²) in [7, 11) is 0. The molecule has 1 aromatic heterocycles. The molecule has 3 rings (SSSR count). The van der Waals surface area contributed by atoms with Crippen molar-refractivity contribution < 1.29 is 4.79 Å². The van der Waals surface area contributed by atoms with Crippen molar-refractivity contribution >= 4 is 35.1 Å². The second-order valence-electron chi connectivity index (χ2n) is 5.88. The lowest BCUT2D eigenvalue weighted by atomic mass is 10.2. The first-order chi connectivity index (χ1) is 12.2. The maximum atomic E-state index is 12.2. The molecular formula is C19H20N4OS. The smallest absolute Gasteiger partial charge is 0.245 e. The van der Waals surface area contributed by atoms with Crippen LogP contribution in [0, 0.1) is 5.92 Å². The van der Waals surface area contributed by atoms with Crippen LogP contribution in [-0.2, 0) is 4.79 Å². The standard InChI is InChI=1S/C19H20N4OS/c24-17(12-9-14-6-2-1-3-7-14)22-18(15-10-11-15)23-19(25)21-16-8-4-5-13-20-16/h1-9,12-13,15,18H,10-11H2,(H,22,24)(H2,20,21,23,25). The fourth-order valence-corrected chi connectivity index (χ4v) is 2.60. The zero-order chi connectivity index (χ0) is 17.5. The van der Waals surface area contributed by atoms with Crippen LogP contribution in [0.2, 0.25) is 0 Å². The highest BCUT2D eigenvalue weighted by atomic mass is 32.1. The fourth-order valence-electron chi connectivity index (χ4n) is 2.37. The van der Waals surface area contributed by atoms with Gasteiger partial charge in [0.15, 0.2) is 5.11 Å². The lowest BCUT2D eigenvalue weighted by molar-refractivity contribution is -0.117. The molecule has 1 unspecified atom stereocenters. The predicted molar refractivity (Wildman–Crippen MR) is 104 cm³/mol. The first-order valence-corrected chi connectivity index (χ1v) is 8.64. The Balaban J connectivity index is 1.53. The zero-order valence-corrected chi connectivity index (χ0v) is 14.5. The number of benzene rings is 1. The van der Waals surface area contributed by atoms with Crippen molar-refractivity contribution in [1.29, 1.82) is 0 Å². The summed E-state index contributed by atoms with van der Waals surface area (Å²) in [6.07, 6.45) is 7.00. The number of aromatic nitrogens is 1. The summed E-state index contributed by atoms with van der Waals surface area (Å²) < 4.78 is 0. The molecule has 1 aliphatic rings. The summed E-state index contributed by atoms with van der Waals surface area (Å²) in [6, 6.07) is 15.3. The van der Waals surface area contributed by atoms with E-state index in [2.05, 4.69) is 20.9 Å². The Bertz CT molecular complexity index is 745. The minimum atomic E-state index is -0.184. The molecule has 0 bridgehead atoms. The molecule has 0 saturated heterocycles. The SMILES string of the molecule is O=C(C=Cc1ccccc1)NC(NC(=S)Nc1ccccn1)C1CC1. The van der Waals surface area contributed by atoms with Crippen LogP contribution in [0.1, 0.15) is 18.4 Å². The molecule has 1 aromatic carbocycles. The average molecular weight is 352 g/mol. The lowest BCUT2D eigenvalue weighted by Gasteiger charge is -2.21. The summed E-state index contributed by atoms with van der Waals surface area (Å²) in [6.45, 7) is 0. The highest BCUT2D eigenvalue weighted by Crippen LogP contribution is 2.31. The summed E-state index contributed by atoms with van der Waals surface area (Å²) in [5.74, 6) is 0.927. The summed E-state index contributed by atoms with van der Waals surface area (Å²) in [5, 5.41) is 9.63. The molecule has 1 amide bonds. The van der Waals surface area contributed by atoms with Gasteiger partial charge in [0.1, 0.15) is 12.0 Å². The van der Waals surface area contributed by atoms with Gasteiger partial charge in [-0.1, -0.05) is 36.4 Å². The number of carbonyl (C=O) groups is 1. The minimum absolute atomic E-state index is 0.145. The number of anilines is 1. The van der Waals surface area contributed by atoms with Crippen LogP contribution in [0.4, 0.5) is 5.82 Å². The predicted octanol–water partition coefficient (Wildman–Crippen LogP) is 2.93. The number of thiocarbonyl (C=S) groups is 1. The third kappa shape index (κ3) is 5.69. The topological polar surface area (TPSA) is 66.1 Å². The van der Waals surface area contributed by atoms with E-state index in [1.807, 2.05) is 48.5 Å². The van der Waals surface area contributed by atoms with Crippen molar-refractivity contribution in [2.45, 2.75) is 19.0 Å². The van der Waals surface area contributed by atoms with Gasteiger partial charge in [-0.05, 0) is 54.7 Å². The number of hydrogen-bond acceptors (Lipinski definition) is 3. The van der Waals surface area contributed by atoms with E-state index in [1.165, 1.54) is 0 Å². The molecule has 1 saturated carbocycles. The summed E-state index contributed by atoms with van der Waals surface area (Å²) in [5.41, 5.74) is 0.987. The van der Waals surface area contributed by atoms with Gasteiger partial charge in [-0.2, -0.15) is 0 Å². The van der Waals surface area contributed by atoms with Crippen molar-refractivity contribution in [3.63, 3.8) is 0 Å². The van der Waals surface area contributed by atoms with Gasteiger partial charge in [0.25, 0.3) is 0 Å². The van der Waals surface area contributed by atoms with Crippen LogP contribution < -0.4 is 16.0 Å². The van der Waals surface area contributed by atoms with E-state index in [9.17, 15) is 4.79 Å². The van der Waals surface area contributed by atoms with E-state index in [4.69, 9.17) is 12.2 Å². The molecule has 6 heteroatoms. The molecule has 1 fully saturated rings. The van der Waals surface area contributed by atoms with E-state index in [-0.39, 0.29) is 12.1 Å². The van der Waals surface area contributed by atoms with E-state index in [0.717, 1.165) is 18.4 Å². The Morgan fingerprint density at radius 1 is 1.12 bits per heavy atom. The molecule has 1 aliphatic carbocycles. The Hall–Kier alpha value is -2.73. The maximum Gasteiger partial charge on any atom is 0.245 e. The highest BCUT2D eigenvalue weighted by Gasteiger charge is 2.32. The molecule has 0 spiro atoms. The first-order valence-electron chi connectivity index (χ1n) is 8.23. The number of hydrogen-bond donors (Lipinski definition) is 3. The second-order valence-corrected chi connectivity index (χ2v) is 6.29. The molecule has 25 heavy (non-hydrogen) atoms. The summed E-state index contributed by atoms with van der Waals surface area (Å²) in [4.78, 5) is 16.4. The maximum absolute atomic E-state index is 12.2. The van der Waals surface area contributed by atoms with Gasteiger partial charge < -0.3 is 16.0 Å². The molecular weight excluding hydrogens is 332 g/mol. The largest absolute Gasteiger partial charge is 0.342 e.